The number of hydrogen-bond donors (Lipinski definition) is 0. The maximum Gasteiger partial charge on any atom is 0.140 e. The van der Waals surface area contributed by atoms with Crippen LogP contribution in [-0.4, -0.2) is 5.78 Å². The van der Waals surface area contributed by atoms with Crippen molar-refractivity contribution in [3.05, 3.63) is 20.8 Å². The smallest absolute Gasteiger partial charge is 0.140 e. The van der Waals surface area contributed by atoms with Crippen LogP contribution in [0.1, 0.15) is 31.6 Å². The summed E-state index contributed by atoms with van der Waals surface area (Å²) in [6.07, 6.45) is 2.67. The third-order valence-electron chi connectivity index (χ3n) is 2.30. The fourth-order valence-corrected chi connectivity index (χ4v) is 2.88. The van der Waals surface area contributed by atoms with Crippen LogP contribution >= 0.6 is 27.3 Å². The van der Waals surface area contributed by atoms with Crippen LogP contribution in [0.5, 0.6) is 0 Å². The van der Waals surface area contributed by atoms with E-state index in [1.54, 1.807) is 11.3 Å². The molecule has 3 heteroatoms. The Hall–Kier alpha value is -0.150. The quantitative estimate of drug-likeness (QED) is 0.792. The molecule has 0 spiro atoms. The van der Waals surface area contributed by atoms with Crippen LogP contribution in [0, 0.1) is 5.92 Å². The first-order chi connectivity index (χ1) is 6.65. The highest BCUT2D eigenvalue weighted by Gasteiger charge is 2.14. The molecule has 0 aliphatic heterocycles. The second-order valence-corrected chi connectivity index (χ2v) is 5.38. The van der Waals surface area contributed by atoms with Crippen LogP contribution < -0.4 is 0 Å². The van der Waals surface area contributed by atoms with E-state index in [-0.39, 0.29) is 5.92 Å². The molecule has 1 unspecified atom stereocenters. The highest BCUT2D eigenvalue weighted by molar-refractivity contribution is 9.10. The van der Waals surface area contributed by atoms with Gasteiger partial charge in [-0.1, -0.05) is 20.3 Å². The Morgan fingerprint density at radius 3 is 2.86 bits per heavy atom. The van der Waals surface area contributed by atoms with E-state index in [9.17, 15) is 4.79 Å². The van der Waals surface area contributed by atoms with Gasteiger partial charge < -0.3 is 0 Å². The van der Waals surface area contributed by atoms with E-state index < -0.39 is 0 Å². The van der Waals surface area contributed by atoms with Crippen LogP contribution in [0.3, 0.4) is 0 Å². The lowest BCUT2D eigenvalue weighted by Gasteiger charge is -2.07. The molecule has 0 amide bonds. The van der Waals surface area contributed by atoms with E-state index in [4.69, 9.17) is 0 Å². The van der Waals surface area contributed by atoms with Crippen molar-refractivity contribution in [2.24, 2.45) is 5.92 Å². The topological polar surface area (TPSA) is 17.1 Å². The monoisotopic (exact) mass is 274 g/mol. The number of carbonyl (C=O) groups is 1. The lowest BCUT2D eigenvalue weighted by Crippen LogP contribution is -2.12. The highest BCUT2D eigenvalue weighted by Crippen LogP contribution is 2.24. The van der Waals surface area contributed by atoms with Crippen LogP contribution in [0.15, 0.2) is 15.9 Å². The normalized spacial score (nSPS) is 12.8. The van der Waals surface area contributed by atoms with Crippen molar-refractivity contribution in [3.8, 4) is 0 Å². The van der Waals surface area contributed by atoms with Gasteiger partial charge in [0, 0.05) is 21.7 Å². The summed E-state index contributed by atoms with van der Waals surface area (Å²) in [6.45, 7) is 4.14. The summed E-state index contributed by atoms with van der Waals surface area (Å²) >= 11 is 5.09. The number of hydrogen-bond acceptors (Lipinski definition) is 2. The second kappa shape index (κ2) is 5.66. The van der Waals surface area contributed by atoms with Gasteiger partial charge in [-0.25, -0.2) is 0 Å². The molecular weight excluding hydrogens is 260 g/mol. The molecule has 1 atom stereocenters. The Morgan fingerprint density at radius 1 is 1.64 bits per heavy atom. The van der Waals surface area contributed by atoms with Crippen molar-refractivity contribution in [3.63, 3.8) is 0 Å². The molecule has 1 rings (SSSR count). The zero-order chi connectivity index (χ0) is 10.6. The standard InChI is InChI=1S/C11H15BrOS/c1-3-4-8(2)10(13)7-11-9(12)5-6-14-11/h5-6,8H,3-4,7H2,1-2H3. The van der Waals surface area contributed by atoms with Crippen LogP contribution in [0.25, 0.3) is 0 Å². The fraction of sp³-hybridized carbons (Fsp3) is 0.545. The maximum atomic E-state index is 11.7. The van der Waals surface area contributed by atoms with Crippen molar-refractivity contribution in [2.75, 3.05) is 0 Å². The number of halogens is 1. The van der Waals surface area contributed by atoms with Gasteiger partial charge in [0.2, 0.25) is 0 Å². The van der Waals surface area contributed by atoms with Gasteiger partial charge in [0.05, 0.1) is 0 Å². The van der Waals surface area contributed by atoms with Crippen molar-refractivity contribution in [1.29, 1.82) is 0 Å². The zero-order valence-electron chi connectivity index (χ0n) is 8.55. The minimum atomic E-state index is 0.203. The summed E-state index contributed by atoms with van der Waals surface area (Å²) in [5.74, 6) is 0.559. The Morgan fingerprint density at radius 2 is 2.36 bits per heavy atom. The van der Waals surface area contributed by atoms with Crippen LogP contribution in [0.2, 0.25) is 0 Å². The van der Waals surface area contributed by atoms with Crippen molar-refractivity contribution in [1.82, 2.24) is 0 Å². The first-order valence-corrected chi connectivity index (χ1v) is 6.57. The first kappa shape index (κ1) is 11.9. The van der Waals surface area contributed by atoms with Crippen molar-refractivity contribution >= 4 is 33.0 Å². The lowest BCUT2D eigenvalue weighted by molar-refractivity contribution is -0.121. The van der Waals surface area contributed by atoms with Gasteiger partial charge in [0.25, 0.3) is 0 Å². The summed E-state index contributed by atoms with van der Waals surface area (Å²) in [5, 5.41) is 2.01. The van der Waals surface area contributed by atoms with Crippen molar-refractivity contribution in [2.45, 2.75) is 33.1 Å². The molecule has 0 radical (unpaired) electrons. The maximum absolute atomic E-state index is 11.7. The van der Waals surface area contributed by atoms with Crippen LogP contribution in [0.4, 0.5) is 0 Å². The Kier molecular flexibility index (Phi) is 4.82. The van der Waals surface area contributed by atoms with E-state index in [1.807, 2.05) is 18.4 Å². The minimum Gasteiger partial charge on any atom is -0.299 e. The molecule has 0 aliphatic carbocycles. The van der Waals surface area contributed by atoms with Crippen molar-refractivity contribution < 1.29 is 4.79 Å². The molecule has 0 fully saturated rings. The molecule has 0 bridgehead atoms. The minimum absolute atomic E-state index is 0.203. The molecule has 0 saturated carbocycles. The molecule has 0 N–H and O–H groups in total. The number of rotatable bonds is 5. The Balaban J connectivity index is 2.53. The van der Waals surface area contributed by atoms with E-state index >= 15 is 0 Å². The number of carbonyl (C=O) groups excluding carboxylic acids is 1. The summed E-state index contributed by atoms with van der Waals surface area (Å²) in [4.78, 5) is 12.9. The molecule has 0 aliphatic rings. The van der Waals surface area contributed by atoms with Gasteiger partial charge in [-0.2, -0.15) is 0 Å². The number of ketones is 1. The third-order valence-corrected chi connectivity index (χ3v) is 4.22. The third kappa shape index (κ3) is 3.21. The Bertz CT molecular complexity index is 306. The van der Waals surface area contributed by atoms with Gasteiger partial charge in [-0.15, -0.1) is 11.3 Å². The molecule has 1 nitrogen and oxygen atoms in total. The number of thiophene rings is 1. The van der Waals surface area contributed by atoms with Crippen LogP contribution in [-0.2, 0) is 11.2 Å². The van der Waals surface area contributed by atoms with Gasteiger partial charge in [-0.05, 0) is 33.8 Å². The average molecular weight is 275 g/mol. The summed E-state index contributed by atoms with van der Waals surface area (Å²) < 4.78 is 1.07. The number of Topliss-reactive ketones (excluding diaryl/α,β-unsaturated/α-hetero) is 1. The summed E-state index contributed by atoms with van der Waals surface area (Å²) in [5.41, 5.74) is 0. The lowest BCUT2D eigenvalue weighted by atomic mass is 9.98. The van der Waals surface area contributed by atoms with Gasteiger partial charge in [0.15, 0.2) is 0 Å². The second-order valence-electron chi connectivity index (χ2n) is 3.52. The predicted octanol–water partition coefficient (Wildman–Crippen LogP) is 4.06. The molecule has 0 aromatic carbocycles. The van der Waals surface area contributed by atoms with Gasteiger partial charge in [-0.3, -0.25) is 4.79 Å². The highest BCUT2D eigenvalue weighted by atomic mass is 79.9. The van der Waals surface area contributed by atoms with E-state index in [0.717, 1.165) is 22.2 Å². The molecule has 78 valence electrons. The first-order valence-electron chi connectivity index (χ1n) is 4.89. The summed E-state index contributed by atoms with van der Waals surface area (Å²) in [7, 11) is 0. The largest absolute Gasteiger partial charge is 0.299 e. The van der Waals surface area contributed by atoms with E-state index in [0.29, 0.717) is 12.2 Å². The SMILES string of the molecule is CCCC(C)C(=O)Cc1sccc1Br. The van der Waals surface area contributed by atoms with Gasteiger partial charge >= 0.3 is 0 Å². The zero-order valence-corrected chi connectivity index (χ0v) is 11.0. The Labute approximate surface area is 97.7 Å². The fourth-order valence-electron chi connectivity index (χ4n) is 1.38. The van der Waals surface area contributed by atoms with E-state index in [1.165, 1.54) is 0 Å². The summed E-state index contributed by atoms with van der Waals surface area (Å²) in [6, 6.07) is 2.00. The molecule has 0 saturated heterocycles. The molecule has 1 aromatic rings. The van der Waals surface area contributed by atoms with Gasteiger partial charge in [0.1, 0.15) is 5.78 Å². The molecule has 1 heterocycles. The van der Waals surface area contributed by atoms with E-state index in [2.05, 4.69) is 22.9 Å². The molecule has 14 heavy (non-hydrogen) atoms. The predicted molar refractivity (Wildman–Crippen MR) is 64.8 cm³/mol. The molecule has 1 aromatic heterocycles. The molecular formula is C11H15BrOS. The average Bonchev–Trinajstić information content (AvgIpc) is 2.52.